The number of hydrogen-bond donors (Lipinski definition) is 0. The Hall–Kier alpha value is -2.25. The smallest absolute Gasteiger partial charge is 0.416 e. The minimum Gasteiger partial charge on any atom is -0.490 e. The van der Waals surface area contributed by atoms with Crippen LogP contribution in [0.2, 0.25) is 5.02 Å². The minimum atomic E-state index is -0.412. The highest BCUT2D eigenvalue weighted by Crippen LogP contribution is 2.41. The summed E-state index contributed by atoms with van der Waals surface area (Å²) in [5.74, 6) is 2.69. The van der Waals surface area contributed by atoms with E-state index in [0.717, 1.165) is 67.4 Å². The van der Waals surface area contributed by atoms with Gasteiger partial charge in [0.25, 0.3) is 5.88 Å². The van der Waals surface area contributed by atoms with Crippen LogP contribution in [0.25, 0.3) is 0 Å². The molecule has 1 aliphatic heterocycles. The molecule has 172 valence electrons. The Morgan fingerprint density at radius 3 is 2.75 bits per heavy atom. The molecule has 0 unspecified atom stereocenters. The van der Waals surface area contributed by atoms with Gasteiger partial charge in [-0.25, -0.2) is 4.79 Å². The van der Waals surface area contributed by atoms with Gasteiger partial charge >= 0.3 is 6.09 Å². The van der Waals surface area contributed by atoms with E-state index in [9.17, 15) is 4.79 Å². The third kappa shape index (κ3) is 5.21. The number of rotatable bonds is 8. The van der Waals surface area contributed by atoms with Crippen molar-refractivity contribution in [3.05, 3.63) is 40.6 Å². The maximum Gasteiger partial charge on any atom is 0.416 e. The quantitative estimate of drug-likeness (QED) is 0.547. The lowest BCUT2D eigenvalue weighted by Gasteiger charge is -2.37. The first-order chi connectivity index (χ1) is 15.5. The first-order valence-corrected chi connectivity index (χ1v) is 12.0. The summed E-state index contributed by atoms with van der Waals surface area (Å²) in [7, 11) is 1.75. The zero-order valence-corrected chi connectivity index (χ0v) is 19.2. The van der Waals surface area contributed by atoms with E-state index >= 15 is 0 Å². The topological polar surface area (TPSA) is 68.0 Å². The van der Waals surface area contributed by atoms with Gasteiger partial charge in [0.05, 0.1) is 6.10 Å². The SMILES string of the molecule is CN(CC1CC(Oc2ccc(CN3CCCC3)c(Cl)c2)C1)C(=O)Oc1cc(C2CC2)on1. The van der Waals surface area contributed by atoms with E-state index < -0.39 is 6.09 Å². The van der Waals surface area contributed by atoms with Crippen molar-refractivity contribution in [3.8, 4) is 11.6 Å². The molecule has 0 radical (unpaired) electrons. The molecule has 2 aromatic rings. The molecule has 2 saturated carbocycles. The molecular weight excluding hydrogens is 430 g/mol. The normalized spacial score (nSPS) is 23.1. The summed E-state index contributed by atoms with van der Waals surface area (Å²) < 4.78 is 16.7. The fourth-order valence-electron chi connectivity index (χ4n) is 4.53. The van der Waals surface area contributed by atoms with Crippen LogP contribution in [0.5, 0.6) is 11.6 Å². The van der Waals surface area contributed by atoms with Crippen molar-refractivity contribution in [3.63, 3.8) is 0 Å². The number of benzene rings is 1. The molecule has 3 aliphatic rings. The van der Waals surface area contributed by atoms with Gasteiger partial charge in [-0.2, -0.15) is 0 Å². The highest BCUT2D eigenvalue weighted by atomic mass is 35.5. The summed E-state index contributed by atoms with van der Waals surface area (Å²) in [6, 6.07) is 7.74. The van der Waals surface area contributed by atoms with Crippen LogP contribution in [0.4, 0.5) is 4.79 Å². The predicted molar refractivity (Wildman–Crippen MR) is 120 cm³/mol. The Morgan fingerprint density at radius 1 is 1.25 bits per heavy atom. The summed E-state index contributed by atoms with van der Waals surface area (Å²) in [5.41, 5.74) is 1.16. The Labute approximate surface area is 193 Å². The van der Waals surface area contributed by atoms with E-state index in [1.807, 2.05) is 12.1 Å². The first kappa shape index (κ1) is 21.6. The molecule has 2 heterocycles. The van der Waals surface area contributed by atoms with Crippen molar-refractivity contribution in [2.45, 2.75) is 57.1 Å². The fraction of sp³-hybridized carbons (Fsp3) is 0.583. The second kappa shape index (κ2) is 9.32. The Bertz CT molecular complexity index is 948. The molecular formula is C24H30ClN3O4. The van der Waals surface area contributed by atoms with E-state index in [-0.39, 0.29) is 12.0 Å². The van der Waals surface area contributed by atoms with Crippen LogP contribution in [-0.2, 0) is 6.54 Å². The van der Waals surface area contributed by atoms with Crippen LogP contribution in [0.3, 0.4) is 0 Å². The molecule has 0 bridgehead atoms. The lowest BCUT2D eigenvalue weighted by atomic mass is 9.82. The molecule has 8 heteroatoms. The summed E-state index contributed by atoms with van der Waals surface area (Å²) in [5, 5.41) is 4.60. The number of likely N-dealkylation sites (tertiary alicyclic amines) is 1. The molecule has 0 atom stereocenters. The lowest BCUT2D eigenvalue weighted by Crippen LogP contribution is -2.42. The average Bonchev–Trinajstić information content (AvgIpc) is 3.26. The van der Waals surface area contributed by atoms with Gasteiger partial charge in [0, 0.05) is 37.1 Å². The van der Waals surface area contributed by atoms with Gasteiger partial charge < -0.3 is 18.9 Å². The predicted octanol–water partition coefficient (Wildman–Crippen LogP) is 5.09. The van der Waals surface area contributed by atoms with Crippen LogP contribution < -0.4 is 9.47 Å². The molecule has 0 spiro atoms. The Morgan fingerprint density at radius 2 is 2.03 bits per heavy atom. The maximum atomic E-state index is 12.3. The second-order valence-corrected chi connectivity index (χ2v) is 9.81. The van der Waals surface area contributed by atoms with E-state index in [1.165, 1.54) is 12.8 Å². The number of carbonyl (C=O) groups is 1. The lowest BCUT2D eigenvalue weighted by molar-refractivity contribution is 0.0481. The standard InChI is InChI=1S/C24H30ClN3O4/c1-27(24(29)31-23-13-22(32-26-23)17-4-5-17)14-16-10-20(11-16)30-19-7-6-18(21(25)12-19)15-28-8-2-3-9-28/h6-7,12-13,16-17,20H,2-5,8-11,14-15H2,1H3. The Kier molecular flexibility index (Phi) is 6.28. The minimum absolute atomic E-state index is 0.154. The van der Waals surface area contributed by atoms with E-state index in [1.54, 1.807) is 18.0 Å². The molecule has 1 saturated heterocycles. The van der Waals surface area contributed by atoms with Gasteiger partial charge in [-0.05, 0) is 80.4 Å². The zero-order valence-electron chi connectivity index (χ0n) is 18.5. The van der Waals surface area contributed by atoms with Crippen molar-refractivity contribution in [2.24, 2.45) is 5.92 Å². The van der Waals surface area contributed by atoms with Gasteiger partial charge in [0.15, 0.2) is 0 Å². The van der Waals surface area contributed by atoms with Crippen molar-refractivity contribution in [1.82, 2.24) is 15.0 Å². The number of hydrogen-bond acceptors (Lipinski definition) is 6. The summed E-state index contributed by atoms with van der Waals surface area (Å²) in [4.78, 5) is 16.4. The monoisotopic (exact) mass is 459 g/mol. The number of nitrogens with zero attached hydrogens (tertiary/aromatic N) is 3. The number of aromatic nitrogens is 1. The average molecular weight is 460 g/mol. The van der Waals surface area contributed by atoms with Gasteiger partial charge in [-0.15, -0.1) is 0 Å². The molecule has 3 fully saturated rings. The molecule has 32 heavy (non-hydrogen) atoms. The van der Waals surface area contributed by atoms with Crippen molar-refractivity contribution in [2.75, 3.05) is 26.7 Å². The summed E-state index contributed by atoms with van der Waals surface area (Å²) in [6.07, 6.45) is 6.32. The van der Waals surface area contributed by atoms with Gasteiger partial charge in [-0.3, -0.25) is 4.90 Å². The van der Waals surface area contributed by atoms with Gasteiger partial charge in [0.2, 0.25) is 0 Å². The van der Waals surface area contributed by atoms with Crippen molar-refractivity contribution >= 4 is 17.7 Å². The highest BCUT2D eigenvalue weighted by Gasteiger charge is 2.33. The third-order valence-corrected chi connectivity index (χ3v) is 6.99. The molecule has 5 rings (SSSR count). The number of carbonyl (C=O) groups excluding carboxylic acids is 1. The highest BCUT2D eigenvalue weighted by molar-refractivity contribution is 6.31. The number of ether oxygens (including phenoxy) is 2. The summed E-state index contributed by atoms with van der Waals surface area (Å²) >= 11 is 6.50. The van der Waals surface area contributed by atoms with Crippen LogP contribution in [0.1, 0.15) is 55.8 Å². The van der Waals surface area contributed by atoms with E-state index in [2.05, 4.69) is 16.1 Å². The number of amides is 1. The van der Waals surface area contributed by atoms with Crippen LogP contribution in [-0.4, -0.2) is 53.8 Å². The van der Waals surface area contributed by atoms with Crippen molar-refractivity contribution in [1.29, 1.82) is 0 Å². The molecule has 1 amide bonds. The van der Waals surface area contributed by atoms with Gasteiger partial charge in [-0.1, -0.05) is 17.7 Å². The maximum absolute atomic E-state index is 12.3. The largest absolute Gasteiger partial charge is 0.490 e. The zero-order chi connectivity index (χ0) is 22.1. The Balaban J connectivity index is 1.04. The van der Waals surface area contributed by atoms with Gasteiger partial charge in [0.1, 0.15) is 11.5 Å². The van der Waals surface area contributed by atoms with E-state index in [0.29, 0.717) is 18.4 Å². The van der Waals surface area contributed by atoms with Crippen LogP contribution >= 0.6 is 11.6 Å². The van der Waals surface area contributed by atoms with Crippen LogP contribution in [0.15, 0.2) is 28.8 Å². The second-order valence-electron chi connectivity index (χ2n) is 9.40. The first-order valence-electron chi connectivity index (χ1n) is 11.6. The van der Waals surface area contributed by atoms with E-state index in [4.69, 9.17) is 25.6 Å². The fourth-order valence-corrected chi connectivity index (χ4v) is 4.76. The van der Waals surface area contributed by atoms with Crippen molar-refractivity contribution < 1.29 is 18.8 Å². The summed E-state index contributed by atoms with van der Waals surface area (Å²) in [6.45, 7) is 3.84. The third-order valence-electron chi connectivity index (χ3n) is 6.63. The molecule has 2 aliphatic carbocycles. The number of halogens is 1. The van der Waals surface area contributed by atoms with Crippen LogP contribution in [0, 0.1) is 5.92 Å². The molecule has 1 aromatic carbocycles. The molecule has 1 aromatic heterocycles. The molecule has 0 N–H and O–H groups in total. The molecule has 7 nitrogen and oxygen atoms in total.